The topological polar surface area (TPSA) is 55.1 Å². The van der Waals surface area contributed by atoms with Crippen molar-refractivity contribution in [2.45, 2.75) is 13.2 Å². The molecule has 120 valence electrons. The van der Waals surface area contributed by atoms with Gasteiger partial charge in [0.1, 0.15) is 35.5 Å². The van der Waals surface area contributed by atoms with Gasteiger partial charge in [0.2, 0.25) is 0 Å². The van der Waals surface area contributed by atoms with E-state index in [9.17, 15) is 4.39 Å². The van der Waals surface area contributed by atoms with E-state index in [1.807, 2.05) is 5.38 Å². The summed E-state index contributed by atoms with van der Waals surface area (Å²) in [6.45, 7) is 0.641. The number of ether oxygens (including phenoxy) is 2. The first-order valence-electron chi connectivity index (χ1n) is 7.17. The normalized spacial score (nSPS) is 10.2. The molecule has 0 amide bonds. The highest BCUT2D eigenvalue weighted by Gasteiger charge is 2.05. The monoisotopic (exact) mass is 340 g/mol. The van der Waals surface area contributed by atoms with Crippen molar-refractivity contribution in [1.29, 1.82) is 5.26 Å². The molecule has 0 spiro atoms. The predicted octanol–water partition coefficient (Wildman–Crippen LogP) is 4.31. The van der Waals surface area contributed by atoms with Crippen molar-refractivity contribution in [3.63, 3.8) is 0 Å². The highest BCUT2D eigenvalue weighted by Crippen LogP contribution is 2.18. The van der Waals surface area contributed by atoms with Gasteiger partial charge in [-0.1, -0.05) is 6.07 Å². The molecule has 0 aliphatic heterocycles. The van der Waals surface area contributed by atoms with Crippen molar-refractivity contribution in [3.05, 3.63) is 76.0 Å². The van der Waals surface area contributed by atoms with Gasteiger partial charge in [0.05, 0.1) is 17.3 Å². The lowest BCUT2D eigenvalue weighted by Crippen LogP contribution is -1.98. The summed E-state index contributed by atoms with van der Waals surface area (Å²) in [5, 5.41) is 11.6. The molecule has 0 saturated heterocycles. The zero-order valence-corrected chi connectivity index (χ0v) is 13.4. The summed E-state index contributed by atoms with van der Waals surface area (Å²) in [6.07, 6.45) is 0. The average molecular weight is 340 g/mol. The van der Waals surface area contributed by atoms with Crippen LogP contribution in [0.5, 0.6) is 11.5 Å². The standard InChI is InChI=1S/C18H13FN2O2S/c19-14-4-6-16(7-5-14)23-11-18-21-15(12-24-18)10-22-17-3-1-2-13(8-17)9-20/h1-8,12H,10-11H2. The fourth-order valence-corrected chi connectivity index (χ4v) is 2.66. The second-order valence-corrected chi connectivity index (χ2v) is 5.85. The lowest BCUT2D eigenvalue weighted by Gasteiger charge is -2.04. The van der Waals surface area contributed by atoms with Crippen LogP contribution < -0.4 is 9.47 Å². The summed E-state index contributed by atoms with van der Waals surface area (Å²) in [7, 11) is 0. The van der Waals surface area contributed by atoms with Crippen molar-refractivity contribution in [2.24, 2.45) is 0 Å². The third kappa shape index (κ3) is 4.31. The fourth-order valence-electron chi connectivity index (χ4n) is 1.97. The Bertz CT molecular complexity index is 856. The summed E-state index contributed by atoms with van der Waals surface area (Å²) in [6, 6.07) is 14.9. The molecule has 3 aromatic rings. The van der Waals surface area contributed by atoms with Crippen molar-refractivity contribution in [3.8, 4) is 17.6 Å². The number of aromatic nitrogens is 1. The second kappa shape index (κ2) is 7.57. The molecule has 0 atom stereocenters. The quantitative estimate of drug-likeness (QED) is 0.671. The molecule has 1 heterocycles. The van der Waals surface area contributed by atoms with Crippen LogP contribution in [0.3, 0.4) is 0 Å². The van der Waals surface area contributed by atoms with Crippen molar-refractivity contribution < 1.29 is 13.9 Å². The van der Waals surface area contributed by atoms with Gasteiger partial charge in [0.25, 0.3) is 0 Å². The largest absolute Gasteiger partial charge is 0.487 e. The molecular formula is C18H13FN2O2S. The zero-order chi connectivity index (χ0) is 16.8. The second-order valence-electron chi connectivity index (χ2n) is 4.90. The van der Waals surface area contributed by atoms with Gasteiger partial charge in [-0.3, -0.25) is 0 Å². The smallest absolute Gasteiger partial charge is 0.140 e. The lowest BCUT2D eigenvalue weighted by atomic mass is 10.2. The Balaban J connectivity index is 1.53. The molecule has 0 N–H and O–H groups in total. The third-order valence-corrected chi connectivity index (χ3v) is 4.00. The van der Waals surface area contributed by atoms with Gasteiger partial charge in [-0.2, -0.15) is 5.26 Å². The summed E-state index contributed by atoms with van der Waals surface area (Å²) in [5.41, 5.74) is 1.35. The highest BCUT2D eigenvalue weighted by atomic mass is 32.1. The molecule has 6 heteroatoms. The van der Waals surface area contributed by atoms with Crippen molar-refractivity contribution in [1.82, 2.24) is 4.98 Å². The highest BCUT2D eigenvalue weighted by molar-refractivity contribution is 7.09. The maximum Gasteiger partial charge on any atom is 0.140 e. The molecule has 4 nitrogen and oxygen atoms in total. The number of rotatable bonds is 6. The van der Waals surface area contributed by atoms with Gasteiger partial charge < -0.3 is 9.47 Å². The Morgan fingerprint density at radius 1 is 1.04 bits per heavy atom. The Morgan fingerprint density at radius 3 is 2.62 bits per heavy atom. The van der Waals surface area contributed by atoms with E-state index in [1.165, 1.54) is 23.5 Å². The van der Waals surface area contributed by atoms with E-state index in [0.717, 1.165) is 10.7 Å². The van der Waals surface area contributed by atoms with Gasteiger partial charge in [0.15, 0.2) is 0 Å². The van der Waals surface area contributed by atoms with Crippen LogP contribution >= 0.6 is 11.3 Å². The number of thiazole rings is 1. The van der Waals surface area contributed by atoms with Crippen LogP contribution in [0.15, 0.2) is 53.9 Å². The SMILES string of the molecule is N#Cc1cccc(OCc2csc(COc3ccc(F)cc3)n2)c1. The van der Waals surface area contributed by atoms with Crippen LogP contribution in [0.2, 0.25) is 0 Å². The van der Waals surface area contributed by atoms with Gasteiger partial charge in [-0.15, -0.1) is 11.3 Å². The minimum absolute atomic E-state index is 0.295. The number of nitrogens with zero attached hydrogens (tertiary/aromatic N) is 2. The van der Waals surface area contributed by atoms with Crippen molar-refractivity contribution >= 4 is 11.3 Å². The Morgan fingerprint density at radius 2 is 1.83 bits per heavy atom. The molecule has 3 rings (SSSR count). The van der Waals surface area contributed by atoms with Crippen molar-refractivity contribution in [2.75, 3.05) is 0 Å². The van der Waals surface area contributed by atoms with Crippen LogP contribution in [0.25, 0.3) is 0 Å². The number of hydrogen-bond donors (Lipinski definition) is 0. The average Bonchev–Trinajstić information content (AvgIpc) is 3.08. The number of nitriles is 1. The van der Waals surface area contributed by atoms with Crippen LogP contribution in [0, 0.1) is 17.1 Å². The maximum absolute atomic E-state index is 12.8. The zero-order valence-electron chi connectivity index (χ0n) is 12.6. The molecule has 0 radical (unpaired) electrons. The Kier molecular flexibility index (Phi) is 5.04. The molecule has 0 saturated carbocycles. The molecule has 2 aromatic carbocycles. The first kappa shape index (κ1) is 16.0. The Labute approximate surface area is 142 Å². The van der Waals surface area contributed by atoms with Crippen LogP contribution in [-0.4, -0.2) is 4.98 Å². The summed E-state index contributed by atoms with van der Waals surface area (Å²) in [4.78, 5) is 4.43. The molecule has 0 aliphatic carbocycles. The third-order valence-electron chi connectivity index (χ3n) is 3.13. The van der Waals surface area contributed by atoms with Gasteiger partial charge in [-0.05, 0) is 42.5 Å². The molecule has 0 unspecified atom stereocenters. The first-order valence-corrected chi connectivity index (χ1v) is 8.05. The van der Waals surface area contributed by atoms with Gasteiger partial charge >= 0.3 is 0 Å². The molecular weight excluding hydrogens is 327 g/mol. The van der Waals surface area contributed by atoms with Crippen LogP contribution in [0.4, 0.5) is 4.39 Å². The van der Waals surface area contributed by atoms with E-state index in [1.54, 1.807) is 36.4 Å². The lowest BCUT2D eigenvalue weighted by molar-refractivity contribution is 0.294. The molecule has 0 fully saturated rings. The number of halogens is 1. The van der Waals surface area contributed by atoms with E-state index >= 15 is 0 Å². The Hall–Kier alpha value is -2.91. The van der Waals surface area contributed by atoms with E-state index in [-0.39, 0.29) is 5.82 Å². The summed E-state index contributed by atoms with van der Waals surface area (Å²) in [5.74, 6) is 0.931. The van der Waals surface area contributed by atoms with Gasteiger partial charge in [-0.25, -0.2) is 9.37 Å². The van der Waals surface area contributed by atoms with E-state index < -0.39 is 0 Å². The van der Waals surface area contributed by atoms with E-state index in [4.69, 9.17) is 14.7 Å². The molecule has 0 bridgehead atoms. The maximum atomic E-state index is 12.8. The van der Waals surface area contributed by atoms with E-state index in [2.05, 4.69) is 11.1 Å². The number of hydrogen-bond acceptors (Lipinski definition) is 5. The fraction of sp³-hybridized carbons (Fsp3) is 0.111. The van der Waals surface area contributed by atoms with E-state index in [0.29, 0.717) is 30.3 Å². The predicted molar refractivity (Wildman–Crippen MR) is 88.3 cm³/mol. The molecule has 24 heavy (non-hydrogen) atoms. The first-order chi connectivity index (χ1) is 11.7. The molecule has 0 aliphatic rings. The summed E-state index contributed by atoms with van der Waals surface area (Å²) >= 11 is 1.47. The van der Waals surface area contributed by atoms with Gasteiger partial charge in [0, 0.05) is 5.38 Å². The number of benzene rings is 2. The van der Waals surface area contributed by atoms with Crippen LogP contribution in [0.1, 0.15) is 16.3 Å². The molecule has 1 aromatic heterocycles. The van der Waals surface area contributed by atoms with Crippen LogP contribution in [-0.2, 0) is 13.2 Å². The minimum atomic E-state index is -0.295. The minimum Gasteiger partial charge on any atom is -0.487 e. The summed E-state index contributed by atoms with van der Waals surface area (Å²) < 4.78 is 24.0.